The molecule has 6 rings (SSSR count). The van der Waals surface area contributed by atoms with Gasteiger partial charge in [-0.25, -0.2) is 9.52 Å². The van der Waals surface area contributed by atoms with Gasteiger partial charge in [0.1, 0.15) is 5.60 Å². The van der Waals surface area contributed by atoms with Gasteiger partial charge in [-0.3, -0.25) is 9.59 Å². The van der Waals surface area contributed by atoms with Crippen LogP contribution in [-0.2, 0) is 26.3 Å². The Hall–Kier alpha value is -4.16. The number of rotatable bonds is 5. The van der Waals surface area contributed by atoms with E-state index in [9.17, 15) is 22.8 Å². The van der Waals surface area contributed by atoms with Gasteiger partial charge in [-0.05, 0) is 75.8 Å². The lowest BCUT2D eigenvalue weighted by molar-refractivity contribution is -0.131. The quantitative estimate of drug-likeness (QED) is 0.364. The van der Waals surface area contributed by atoms with E-state index in [4.69, 9.17) is 4.74 Å². The molecule has 2 fully saturated rings. The first-order chi connectivity index (χ1) is 23.1. The first kappa shape index (κ1) is 34.7. The second-order valence-electron chi connectivity index (χ2n) is 14.7. The minimum absolute atomic E-state index is 0.106. The largest absolute Gasteiger partial charge is 0.444 e. The first-order valence-electron chi connectivity index (χ1n) is 17.1. The lowest BCUT2D eigenvalue weighted by Crippen LogP contribution is -2.56. The zero-order valence-electron chi connectivity index (χ0n) is 29.3. The Morgan fingerprint density at radius 3 is 2.37 bits per heavy atom. The van der Waals surface area contributed by atoms with Crippen molar-refractivity contribution in [1.82, 2.24) is 23.4 Å². The molecule has 1 saturated carbocycles. The highest BCUT2D eigenvalue weighted by atomic mass is 32.2. The van der Waals surface area contributed by atoms with E-state index in [1.807, 2.05) is 62.9 Å². The SMILES string of the molecule is CC1CN(C(=O)OC(C)(C)C)CCN1C(=O)C1=Cc2ccccc2-c2c(C3CCCCC3)c3ccc(C(=O)NS(=O)(=O)N(C)C)cc3n2C1. The molecule has 1 aliphatic carbocycles. The van der Waals surface area contributed by atoms with Gasteiger partial charge in [0.15, 0.2) is 0 Å². The van der Waals surface area contributed by atoms with Gasteiger partial charge in [-0.1, -0.05) is 49.6 Å². The van der Waals surface area contributed by atoms with Crippen molar-refractivity contribution in [2.75, 3.05) is 33.7 Å². The zero-order valence-corrected chi connectivity index (χ0v) is 30.1. The molecule has 3 heterocycles. The minimum atomic E-state index is -3.99. The number of hydrogen-bond acceptors (Lipinski definition) is 6. The molecule has 2 aliphatic heterocycles. The smallest absolute Gasteiger partial charge is 0.410 e. The lowest BCUT2D eigenvalue weighted by Gasteiger charge is -2.40. The summed E-state index contributed by atoms with van der Waals surface area (Å²) in [6.07, 6.45) is 7.17. The summed E-state index contributed by atoms with van der Waals surface area (Å²) in [6, 6.07) is 13.3. The average Bonchev–Trinajstić information content (AvgIpc) is 3.26. The molecule has 2 aromatic carbocycles. The van der Waals surface area contributed by atoms with Crippen molar-refractivity contribution < 1.29 is 27.5 Å². The van der Waals surface area contributed by atoms with Gasteiger partial charge >= 0.3 is 16.3 Å². The third-order valence-electron chi connectivity index (χ3n) is 9.77. The molecule has 1 unspecified atom stereocenters. The molecule has 1 saturated heterocycles. The predicted molar refractivity (Wildman–Crippen MR) is 190 cm³/mol. The normalized spacial score (nSPS) is 18.8. The summed E-state index contributed by atoms with van der Waals surface area (Å²) in [5, 5.41) is 1.01. The summed E-state index contributed by atoms with van der Waals surface area (Å²) >= 11 is 0. The Kier molecular flexibility index (Phi) is 9.40. The van der Waals surface area contributed by atoms with Crippen molar-refractivity contribution in [2.24, 2.45) is 0 Å². The van der Waals surface area contributed by atoms with E-state index in [-0.39, 0.29) is 30.2 Å². The van der Waals surface area contributed by atoms with Crippen molar-refractivity contribution in [1.29, 1.82) is 0 Å². The van der Waals surface area contributed by atoms with Crippen LogP contribution in [-0.4, -0.2) is 90.4 Å². The van der Waals surface area contributed by atoms with E-state index in [1.165, 1.54) is 26.1 Å². The number of benzene rings is 2. The third kappa shape index (κ3) is 6.98. The Morgan fingerprint density at radius 2 is 1.69 bits per heavy atom. The lowest BCUT2D eigenvalue weighted by atomic mass is 9.81. The van der Waals surface area contributed by atoms with Crippen molar-refractivity contribution >= 4 is 45.1 Å². The highest BCUT2D eigenvalue weighted by molar-refractivity contribution is 7.87. The topological polar surface area (TPSA) is 121 Å². The summed E-state index contributed by atoms with van der Waals surface area (Å²) in [4.78, 5) is 44.1. The van der Waals surface area contributed by atoms with Gasteiger partial charge in [-0.2, -0.15) is 12.7 Å². The number of carbonyl (C=O) groups is 3. The summed E-state index contributed by atoms with van der Waals surface area (Å²) in [6.45, 7) is 8.83. The number of ether oxygens (including phenoxy) is 1. The van der Waals surface area contributed by atoms with Crippen LogP contribution in [0.5, 0.6) is 0 Å². The van der Waals surface area contributed by atoms with E-state index >= 15 is 0 Å². The fourth-order valence-corrected chi connectivity index (χ4v) is 7.89. The summed E-state index contributed by atoms with van der Waals surface area (Å²) in [7, 11) is -1.27. The Bertz CT molecular complexity index is 1930. The molecule has 3 amide bonds. The van der Waals surface area contributed by atoms with Crippen molar-refractivity contribution in [2.45, 2.75) is 83.9 Å². The molecule has 11 nitrogen and oxygen atoms in total. The second-order valence-corrected chi connectivity index (χ2v) is 16.5. The summed E-state index contributed by atoms with van der Waals surface area (Å²) < 4.78 is 35.9. The van der Waals surface area contributed by atoms with E-state index in [2.05, 4.69) is 15.4 Å². The Labute approximate surface area is 289 Å². The molecular formula is C37H47N5O6S. The molecule has 1 aromatic heterocycles. The van der Waals surface area contributed by atoms with E-state index in [0.29, 0.717) is 31.1 Å². The molecule has 0 bridgehead atoms. The van der Waals surface area contributed by atoms with Gasteiger partial charge in [0.05, 0.1) is 12.2 Å². The van der Waals surface area contributed by atoms with Gasteiger partial charge in [0.2, 0.25) is 0 Å². The monoisotopic (exact) mass is 689 g/mol. The minimum Gasteiger partial charge on any atom is -0.444 e. The van der Waals surface area contributed by atoms with Gasteiger partial charge < -0.3 is 19.1 Å². The average molecular weight is 690 g/mol. The fraction of sp³-hybridized carbons (Fsp3) is 0.486. The molecule has 12 heteroatoms. The van der Waals surface area contributed by atoms with Crippen LogP contribution in [0.15, 0.2) is 48.0 Å². The van der Waals surface area contributed by atoms with E-state index < -0.39 is 21.7 Å². The maximum absolute atomic E-state index is 14.5. The Morgan fingerprint density at radius 1 is 0.980 bits per heavy atom. The number of amides is 3. The highest BCUT2D eigenvalue weighted by Gasteiger charge is 2.35. The molecule has 0 radical (unpaired) electrons. The van der Waals surface area contributed by atoms with Gasteiger partial charge in [0, 0.05) is 67.4 Å². The third-order valence-corrected chi connectivity index (χ3v) is 11.2. The van der Waals surface area contributed by atoms with Crippen LogP contribution >= 0.6 is 0 Å². The number of fused-ring (bicyclic) bond motifs is 5. The van der Waals surface area contributed by atoms with Crippen LogP contribution in [0.3, 0.4) is 0 Å². The van der Waals surface area contributed by atoms with Crippen LogP contribution in [0.25, 0.3) is 28.2 Å². The molecule has 262 valence electrons. The number of aromatic nitrogens is 1. The molecule has 3 aromatic rings. The number of nitrogens with one attached hydrogen (secondary N) is 1. The van der Waals surface area contributed by atoms with Crippen LogP contribution in [0, 0.1) is 0 Å². The standard InChI is InChI=1S/C37H47N5O6S/c1-24-22-40(36(45)48-37(2,3)4)18-19-41(24)35(44)28-20-26-14-10-11-15-29(26)33-32(25-12-8-7-9-13-25)30-17-16-27(21-31(30)42(33)23-28)34(43)38-49(46,47)39(5)6/h10-11,14-17,20-21,24-25H,7-9,12-13,18-19,22-23H2,1-6H3,(H,38,43). The zero-order chi connectivity index (χ0) is 35.2. The molecular weight excluding hydrogens is 643 g/mol. The number of hydrogen-bond donors (Lipinski definition) is 1. The predicted octanol–water partition coefficient (Wildman–Crippen LogP) is 5.76. The van der Waals surface area contributed by atoms with Crippen LogP contribution < -0.4 is 4.72 Å². The molecule has 3 aliphatic rings. The fourth-order valence-electron chi connectivity index (χ4n) is 7.35. The van der Waals surface area contributed by atoms with E-state index in [0.717, 1.165) is 57.7 Å². The molecule has 49 heavy (non-hydrogen) atoms. The maximum atomic E-state index is 14.5. The highest BCUT2D eigenvalue weighted by Crippen LogP contribution is 2.46. The van der Waals surface area contributed by atoms with Crippen molar-refractivity contribution in [3.8, 4) is 11.3 Å². The Balaban J connectivity index is 1.42. The molecule has 1 atom stereocenters. The van der Waals surface area contributed by atoms with Crippen molar-refractivity contribution in [3.05, 3.63) is 64.7 Å². The van der Waals surface area contributed by atoms with Gasteiger partial charge in [-0.15, -0.1) is 0 Å². The number of nitrogens with zero attached hydrogens (tertiary/aromatic N) is 4. The van der Waals surface area contributed by atoms with E-state index in [1.54, 1.807) is 17.0 Å². The summed E-state index contributed by atoms with van der Waals surface area (Å²) in [5.74, 6) is -0.512. The van der Waals surface area contributed by atoms with Crippen LogP contribution in [0.4, 0.5) is 4.79 Å². The molecule has 1 N–H and O–H groups in total. The van der Waals surface area contributed by atoms with Crippen LogP contribution in [0.1, 0.15) is 87.2 Å². The van der Waals surface area contributed by atoms with Crippen LogP contribution in [0.2, 0.25) is 0 Å². The second kappa shape index (κ2) is 13.3. The number of carbonyl (C=O) groups excluding carboxylic acids is 3. The molecule has 0 spiro atoms. The summed E-state index contributed by atoms with van der Waals surface area (Å²) in [5.41, 5.74) is 5.21. The first-order valence-corrected chi connectivity index (χ1v) is 18.6. The number of piperazine rings is 1. The van der Waals surface area contributed by atoms with Crippen molar-refractivity contribution in [3.63, 3.8) is 0 Å². The maximum Gasteiger partial charge on any atom is 0.410 e. The van der Waals surface area contributed by atoms with Gasteiger partial charge in [0.25, 0.3) is 11.8 Å².